The minimum Gasteiger partial charge on any atom is -0.465 e. The number of rotatable bonds is 5. The molecule has 0 atom stereocenters. The molecule has 0 saturated heterocycles. The van der Waals surface area contributed by atoms with E-state index in [9.17, 15) is 9.59 Å². The second kappa shape index (κ2) is 6.57. The van der Waals surface area contributed by atoms with E-state index in [0.29, 0.717) is 0 Å². The fourth-order valence-corrected chi connectivity index (χ4v) is 1.25. The highest BCUT2D eigenvalue weighted by Crippen LogP contribution is 2.16. The standard InChI is InChI=1S/C11H14N2O4/c1-3-16-10(14)9(11(15)17-4-2)8-7-12-5-6-13-8/h5-7,9H,3-4H2,1-2H3. The predicted molar refractivity (Wildman–Crippen MR) is 58.0 cm³/mol. The van der Waals surface area contributed by atoms with Gasteiger partial charge in [0.05, 0.1) is 18.9 Å². The fraction of sp³-hybridized carbons (Fsp3) is 0.455. The normalized spacial score (nSPS) is 10.1. The van der Waals surface area contributed by atoms with Gasteiger partial charge >= 0.3 is 11.9 Å². The molecule has 0 aliphatic carbocycles. The first kappa shape index (κ1) is 13.1. The first-order valence-corrected chi connectivity index (χ1v) is 5.29. The smallest absolute Gasteiger partial charge is 0.326 e. The molecule has 1 aromatic rings. The van der Waals surface area contributed by atoms with E-state index in [-0.39, 0.29) is 18.9 Å². The average Bonchev–Trinajstić information content (AvgIpc) is 2.31. The van der Waals surface area contributed by atoms with Crippen LogP contribution in [0.25, 0.3) is 0 Å². The van der Waals surface area contributed by atoms with Gasteiger partial charge in [-0.1, -0.05) is 0 Å². The summed E-state index contributed by atoms with van der Waals surface area (Å²) >= 11 is 0. The van der Waals surface area contributed by atoms with Gasteiger partial charge in [0.2, 0.25) is 0 Å². The number of carbonyl (C=O) groups excluding carboxylic acids is 2. The minimum absolute atomic E-state index is 0.189. The van der Waals surface area contributed by atoms with Crippen LogP contribution in [0.4, 0.5) is 0 Å². The molecule has 0 aliphatic heterocycles. The summed E-state index contributed by atoms with van der Waals surface area (Å²) in [7, 11) is 0. The lowest BCUT2D eigenvalue weighted by Crippen LogP contribution is -2.27. The molecule has 1 rings (SSSR count). The van der Waals surface area contributed by atoms with Crippen molar-refractivity contribution in [2.75, 3.05) is 13.2 Å². The van der Waals surface area contributed by atoms with E-state index in [1.165, 1.54) is 18.6 Å². The molecule has 6 nitrogen and oxygen atoms in total. The molecule has 0 amide bonds. The summed E-state index contributed by atoms with van der Waals surface area (Å²) in [6.45, 7) is 3.71. The molecule has 0 bridgehead atoms. The molecule has 1 aromatic heterocycles. The third kappa shape index (κ3) is 3.51. The van der Waals surface area contributed by atoms with E-state index in [0.717, 1.165) is 0 Å². The number of nitrogens with zero attached hydrogens (tertiary/aromatic N) is 2. The van der Waals surface area contributed by atoms with Gasteiger partial charge in [0.15, 0.2) is 5.92 Å². The summed E-state index contributed by atoms with van der Waals surface area (Å²) in [4.78, 5) is 31.1. The summed E-state index contributed by atoms with van der Waals surface area (Å²) in [6, 6.07) is 0. The van der Waals surface area contributed by atoms with Gasteiger partial charge in [-0.2, -0.15) is 0 Å². The Bertz CT molecular complexity index is 362. The fourth-order valence-electron chi connectivity index (χ4n) is 1.25. The molecular weight excluding hydrogens is 224 g/mol. The highest BCUT2D eigenvalue weighted by Gasteiger charge is 2.32. The molecule has 0 fully saturated rings. The van der Waals surface area contributed by atoms with Gasteiger partial charge in [-0.3, -0.25) is 19.6 Å². The van der Waals surface area contributed by atoms with Crippen LogP contribution in [0.2, 0.25) is 0 Å². The maximum atomic E-state index is 11.7. The Balaban J connectivity index is 2.94. The Hall–Kier alpha value is -1.98. The van der Waals surface area contributed by atoms with Crippen LogP contribution in [-0.2, 0) is 19.1 Å². The number of ether oxygens (including phenoxy) is 2. The summed E-state index contributed by atoms with van der Waals surface area (Å²) in [5, 5.41) is 0. The molecule has 1 heterocycles. The molecule has 92 valence electrons. The van der Waals surface area contributed by atoms with Gasteiger partial charge < -0.3 is 9.47 Å². The molecular formula is C11H14N2O4. The molecule has 0 unspecified atom stereocenters. The molecule has 0 aromatic carbocycles. The van der Waals surface area contributed by atoms with Crippen LogP contribution in [0, 0.1) is 0 Å². The van der Waals surface area contributed by atoms with Crippen LogP contribution in [0.15, 0.2) is 18.6 Å². The molecule has 6 heteroatoms. The van der Waals surface area contributed by atoms with Crippen molar-refractivity contribution >= 4 is 11.9 Å². The van der Waals surface area contributed by atoms with Crippen molar-refractivity contribution in [2.45, 2.75) is 19.8 Å². The van der Waals surface area contributed by atoms with Crippen molar-refractivity contribution in [3.63, 3.8) is 0 Å². The molecule has 0 aliphatic rings. The molecule has 17 heavy (non-hydrogen) atoms. The molecule has 0 saturated carbocycles. The molecule has 0 N–H and O–H groups in total. The van der Waals surface area contributed by atoms with E-state index in [4.69, 9.17) is 9.47 Å². The topological polar surface area (TPSA) is 78.4 Å². The van der Waals surface area contributed by atoms with Crippen molar-refractivity contribution in [3.8, 4) is 0 Å². The van der Waals surface area contributed by atoms with E-state index < -0.39 is 17.9 Å². The van der Waals surface area contributed by atoms with Crippen molar-refractivity contribution in [2.24, 2.45) is 0 Å². The van der Waals surface area contributed by atoms with Crippen molar-refractivity contribution < 1.29 is 19.1 Å². The van der Waals surface area contributed by atoms with Crippen LogP contribution < -0.4 is 0 Å². The van der Waals surface area contributed by atoms with Crippen LogP contribution in [-0.4, -0.2) is 35.1 Å². The monoisotopic (exact) mass is 238 g/mol. The van der Waals surface area contributed by atoms with Crippen molar-refractivity contribution in [1.82, 2.24) is 9.97 Å². The third-order valence-electron chi connectivity index (χ3n) is 1.92. The maximum Gasteiger partial charge on any atom is 0.326 e. The summed E-state index contributed by atoms with van der Waals surface area (Å²) < 4.78 is 9.64. The van der Waals surface area contributed by atoms with Crippen LogP contribution in [0.3, 0.4) is 0 Å². The van der Waals surface area contributed by atoms with Gasteiger partial charge in [0.1, 0.15) is 0 Å². The lowest BCUT2D eigenvalue weighted by Gasteiger charge is -2.13. The SMILES string of the molecule is CCOC(=O)C(C(=O)OCC)c1cnccn1. The van der Waals surface area contributed by atoms with Gasteiger partial charge in [-0.15, -0.1) is 0 Å². The van der Waals surface area contributed by atoms with Crippen molar-refractivity contribution in [3.05, 3.63) is 24.3 Å². The van der Waals surface area contributed by atoms with Crippen LogP contribution in [0.1, 0.15) is 25.5 Å². The van der Waals surface area contributed by atoms with E-state index in [1.807, 2.05) is 0 Å². The zero-order valence-electron chi connectivity index (χ0n) is 9.75. The summed E-state index contributed by atoms with van der Waals surface area (Å²) in [5.74, 6) is -2.51. The lowest BCUT2D eigenvalue weighted by molar-refractivity contribution is -0.157. The van der Waals surface area contributed by atoms with Gasteiger partial charge in [-0.05, 0) is 13.8 Å². The number of carbonyl (C=O) groups is 2. The van der Waals surface area contributed by atoms with Crippen LogP contribution >= 0.6 is 0 Å². The zero-order chi connectivity index (χ0) is 12.7. The van der Waals surface area contributed by atoms with Crippen LogP contribution in [0.5, 0.6) is 0 Å². The van der Waals surface area contributed by atoms with E-state index in [2.05, 4.69) is 9.97 Å². The number of esters is 2. The third-order valence-corrected chi connectivity index (χ3v) is 1.92. The lowest BCUT2D eigenvalue weighted by atomic mass is 10.1. The Kier molecular flexibility index (Phi) is 5.06. The van der Waals surface area contributed by atoms with Crippen molar-refractivity contribution in [1.29, 1.82) is 0 Å². The van der Waals surface area contributed by atoms with Gasteiger partial charge in [-0.25, -0.2) is 0 Å². The first-order chi connectivity index (χ1) is 8.20. The Labute approximate surface area is 99.0 Å². The minimum atomic E-state index is -1.16. The number of aromatic nitrogens is 2. The zero-order valence-corrected chi connectivity index (χ0v) is 9.75. The van der Waals surface area contributed by atoms with E-state index >= 15 is 0 Å². The molecule has 0 spiro atoms. The largest absolute Gasteiger partial charge is 0.465 e. The summed E-state index contributed by atoms with van der Waals surface area (Å²) in [5.41, 5.74) is 0.226. The second-order valence-electron chi connectivity index (χ2n) is 3.07. The Morgan fingerprint density at radius 3 is 2.18 bits per heavy atom. The number of hydrogen-bond acceptors (Lipinski definition) is 6. The first-order valence-electron chi connectivity index (χ1n) is 5.29. The number of hydrogen-bond donors (Lipinski definition) is 0. The molecule has 0 radical (unpaired) electrons. The Morgan fingerprint density at radius 1 is 1.18 bits per heavy atom. The highest BCUT2D eigenvalue weighted by molar-refractivity contribution is 6.00. The average molecular weight is 238 g/mol. The highest BCUT2D eigenvalue weighted by atomic mass is 16.6. The quantitative estimate of drug-likeness (QED) is 0.554. The Morgan fingerprint density at radius 2 is 1.76 bits per heavy atom. The van der Waals surface area contributed by atoms with Gasteiger partial charge in [0.25, 0.3) is 0 Å². The predicted octanol–water partition coefficient (Wildman–Crippen LogP) is 0.686. The maximum absolute atomic E-state index is 11.7. The summed E-state index contributed by atoms with van der Waals surface area (Å²) in [6.07, 6.45) is 4.20. The van der Waals surface area contributed by atoms with E-state index in [1.54, 1.807) is 13.8 Å². The second-order valence-corrected chi connectivity index (χ2v) is 3.07. The van der Waals surface area contributed by atoms with Gasteiger partial charge in [0, 0.05) is 18.6 Å².